The highest BCUT2D eigenvalue weighted by Gasteiger charge is 2.25. The van der Waals surface area contributed by atoms with E-state index in [-0.39, 0.29) is 11.8 Å². The molecule has 5 nitrogen and oxygen atoms in total. The number of nitrogens with zero attached hydrogens (tertiary/aromatic N) is 3. The van der Waals surface area contributed by atoms with Crippen molar-refractivity contribution >= 4 is 21.8 Å². The Labute approximate surface area is 122 Å². The van der Waals surface area contributed by atoms with E-state index in [2.05, 4.69) is 31.2 Å². The lowest BCUT2D eigenvalue weighted by Gasteiger charge is -2.31. The van der Waals surface area contributed by atoms with E-state index in [1.54, 1.807) is 7.05 Å². The Morgan fingerprint density at radius 3 is 2.58 bits per heavy atom. The number of aryl methyl sites for hydroxylation is 2. The van der Waals surface area contributed by atoms with Crippen molar-refractivity contribution in [3.05, 3.63) is 15.9 Å². The zero-order chi connectivity index (χ0) is 14.0. The van der Waals surface area contributed by atoms with Gasteiger partial charge in [0.05, 0.1) is 15.9 Å². The average molecular weight is 329 g/mol. The standard InChI is InChI=1S/C13H21BrN4O/c1-9-12(14)11(17(3)16-9)8-18-6-4-10(5-7-18)13(19)15-2/h10H,4-8H2,1-3H3,(H,15,19). The van der Waals surface area contributed by atoms with E-state index in [9.17, 15) is 4.79 Å². The van der Waals surface area contributed by atoms with Gasteiger partial charge < -0.3 is 5.32 Å². The molecule has 1 amide bonds. The Bertz CT molecular complexity index is 463. The number of halogens is 1. The highest BCUT2D eigenvalue weighted by Crippen LogP contribution is 2.24. The maximum absolute atomic E-state index is 11.6. The first-order valence-corrected chi connectivity index (χ1v) is 7.44. The molecule has 1 aliphatic heterocycles. The van der Waals surface area contributed by atoms with Gasteiger partial charge in [0.15, 0.2) is 0 Å². The molecule has 1 saturated heterocycles. The molecule has 106 valence electrons. The summed E-state index contributed by atoms with van der Waals surface area (Å²) in [6, 6.07) is 0. The van der Waals surface area contributed by atoms with Crippen LogP contribution in [0.2, 0.25) is 0 Å². The summed E-state index contributed by atoms with van der Waals surface area (Å²) in [5, 5.41) is 7.15. The van der Waals surface area contributed by atoms with Crippen LogP contribution < -0.4 is 5.32 Å². The number of hydrogen-bond donors (Lipinski definition) is 1. The average Bonchev–Trinajstić information content (AvgIpc) is 2.65. The van der Waals surface area contributed by atoms with Crippen LogP contribution in [0, 0.1) is 12.8 Å². The third-order valence-corrected chi connectivity index (χ3v) is 4.87. The molecule has 1 N–H and O–H groups in total. The predicted octanol–water partition coefficient (Wildman–Crippen LogP) is 1.45. The van der Waals surface area contributed by atoms with Crippen LogP contribution in [0.25, 0.3) is 0 Å². The molecule has 1 aromatic rings. The van der Waals surface area contributed by atoms with Gasteiger partial charge in [0.25, 0.3) is 0 Å². The number of likely N-dealkylation sites (tertiary alicyclic amines) is 1. The van der Waals surface area contributed by atoms with Crippen LogP contribution in [0.3, 0.4) is 0 Å². The van der Waals surface area contributed by atoms with E-state index in [1.807, 2.05) is 18.7 Å². The molecule has 0 bridgehead atoms. The second-order valence-corrected chi connectivity index (χ2v) is 5.93. The first kappa shape index (κ1) is 14.5. The first-order valence-electron chi connectivity index (χ1n) is 6.64. The molecular formula is C13H21BrN4O. The smallest absolute Gasteiger partial charge is 0.222 e. The molecule has 0 unspecified atom stereocenters. The minimum Gasteiger partial charge on any atom is -0.359 e. The van der Waals surface area contributed by atoms with Crippen molar-refractivity contribution in [1.29, 1.82) is 0 Å². The lowest BCUT2D eigenvalue weighted by molar-refractivity contribution is -0.125. The first-order chi connectivity index (χ1) is 9.02. The van der Waals surface area contributed by atoms with E-state index in [4.69, 9.17) is 0 Å². The summed E-state index contributed by atoms with van der Waals surface area (Å²) < 4.78 is 3.04. The molecule has 0 atom stereocenters. The van der Waals surface area contributed by atoms with E-state index < -0.39 is 0 Å². The Kier molecular flexibility index (Phi) is 4.62. The van der Waals surface area contributed by atoms with Crippen LogP contribution >= 0.6 is 15.9 Å². The van der Waals surface area contributed by atoms with Gasteiger partial charge in [0, 0.05) is 26.6 Å². The number of aromatic nitrogens is 2. The van der Waals surface area contributed by atoms with Crippen LogP contribution in [-0.2, 0) is 18.4 Å². The summed E-state index contributed by atoms with van der Waals surface area (Å²) in [5.74, 6) is 0.357. The summed E-state index contributed by atoms with van der Waals surface area (Å²) in [6.45, 7) is 4.83. The van der Waals surface area contributed by atoms with E-state index in [0.717, 1.165) is 42.6 Å². The number of carbonyl (C=O) groups is 1. The Hall–Kier alpha value is -0.880. The van der Waals surface area contributed by atoms with Crippen LogP contribution in [-0.4, -0.2) is 40.7 Å². The van der Waals surface area contributed by atoms with Gasteiger partial charge in [0.2, 0.25) is 5.91 Å². The summed E-state index contributed by atoms with van der Waals surface area (Å²) >= 11 is 3.60. The number of amides is 1. The fraction of sp³-hybridized carbons (Fsp3) is 0.692. The molecule has 0 aliphatic carbocycles. The van der Waals surface area contributed by atoms with Crippen molar-refractivity contribution in [3.8, 4) is 0 Å². The van der Waals surface area contributed by atoms with Gasteiger partial charge in [-0.25, -0.2) is 0 Å². The summed E-state index contributed by atoms with van der Waals surface area (Å²) in [7, 11) is 3.69. The largest absolute Gasteiger partial charge is 0.359 e. The molecule has 2 heterocycles. The molecule has 6 heteroatoms. The normalized spacial score (nSPS) is 17.7. The second-order valence-electron chi connectivity index (χ2n) is 5.13. The van der Waals surface area contributed by atoms with Crippen LogP contribution in [0.15, 0.2) is 4.47 Å². The molecule has 2 rings (SSSR count). The maximum Gasteiger partial charge on any atom is 0.222 e. The van der Waals surface area contributed by atoms with Gasteiger partial charge in [-0.15, -0.1) is 0 Å². The van der Waals surface area contributed by atoms with Crippen molar-refractivity contribution in [3.63, 3.8) is 0 Å². The SMILES string of the molecule is CNC(=O)C1CCN(Cc2c(Br)c(C)nn2C)CC1. The number of hydrogen-bond acceptors (Lipinski definition) is 3. The van der Waals surface area contributed by atoms with Crippen molar-refractivity contribution in [2.45, 2.75) is 26.3 Å². The van der Waals surface area contributed by atoms with Crippen LogP contribution in [0.1, 0.15) is 24.2 Å². The van der Waals surface area contributed by atoms with Gasteiger partial charge in [-0.05, 0) is 48.8 Å². The number of carbonyl (C=O) groups excluding carboxylic acids is 1. The fourth-order valence-electron chi connectivity index (χ4n) is 2.62. The van der Waals surface area contributed by atoms with Crippen molar-refractivity contribution < 1.29 is 4.79 Å². The van der Waals surface area contributed by atoms with Crippen LogP contribution in [0.4, 0.5) is 0 Å². The summed E-state index contributed by atoms with van der Waals surface area (Å²) in [4.78, 5) is 14.0. The number of nitrogens with one attached hydrogen (secondary N) is 1. The van der Waals surface area contributed by atoms with Gasteiger partial charge in [-0.1, -0.05) is 0 Å². The summed E-state index contributed by atoms with van der Waals surface area (Å²) in [5.41, 5.74) is 2.23. The molecule has 0 spiro atoms. The number of rotatable bonds is 3. The lowest BCUT2D eigenvalue weighted by Crippen LogP contribution is -2.39. The highest BCUT2D eigenvalue weighted by atomic mass is 79.9. The molecule has 1 fully saturated rings. The fourth-order valence-corrected chi connectivity index (χ4v) is 3.08. The summed E-state index contributed by atoms with van der Waals surface area (Å²) in [6.07, 6.45) is 1.88. The molecular weight excluding hydrogens is 308 g/mol. The molecule has 0 radical (unpaired) electrons. The van der Waals surface area contributed by atoms with Gasteiger partial charge in [0.1, 0.15) is 0 Å². The molecule has 1 aromatic heterocycles. The Balaban J connectivity index is 1.94. The molecule has 0 aromatic carbocycles. The van der Waals surface area contributed by atoms with Gasteiger partial charge >= 0.3 is 0 Å². The predicted molar refractivity (Wildman–Crippen MR) is 77.7 cm³/mol. The molecule has 1 aliphatic rings. The lowest BCUT2D eigenvalue weighted by atomic mass is 9.96. The van der Waals surface area contributed by atoms with Gasteiger partial charge in [-0.2, -0.15) is 5.10 Å². The van der Waals surface area contributed by atoms with Crippen molar-refractivity contribution in [1.82, 2.24) is 20.0 Å². The Morgan fingerprint density at radius 1 is 1.47 bits per heavy atom. The zero-order valence-corrected chi connectivity index (χ0v) is 13.3. The number of piperidine rings is 1. The van der Waals surface area contributed by atoms with Crippen molar-refractivity contribution in [2.24, 2.45) is 13.0 Å². The van der Waals surface area contributed by atoms with Crippen LogP contribution in [0.5, 0.6) is 0 Å². The third kappa shape index (κ3) is 3.17. The zero-order valence-electron chi connectivity index (χ0n) is 11.7. The van der Waals surface area contributed by atoms with Gasteiger partial charge in [-0.3, -0.25) is 14.4 Å². The Morgan fingerprint density at radius 2 is 2.11 bits per heavy atom. The quantitative estimate of drug-likeness (QED) is 0.913. The second kappa shape index (κ2) is 6.05. The van der Waals surface area contributed by atoms with E-state index >= 15 is 0 Å². The topological polar surface area (TPSA) is 50.2 Å². The third-order valence-electron chi connectivity index (χ3n) is 3.84. The molecule has 0 saturated carbocycles. The van der Waals surface area contributed by atoms with Crippen molar-refractivity contribution in [2.75, 3.05) is 20.1 Å². The maximum atomic E-state index is 11.6. The molecule has 19 heavy (non-hydrogen) atoms. The van der Waals surface area contributed by atoms with E-state index in [1.165, 1.54) is 5.69 Å². The highest BCUT2D eigenvalue weighted by molar-refractivity contribution is 9.10. The minimum atomic E-state index is 0.178. The monoisotopic (exact) mass is 328 g/mol. The van der Waals surface area contributed by atoms with E-state index in [0.29, 0.717) is 0 Å². The minimum absolute atomic E-state index is 0.178.